The predicted molar refractivity (Wildman–Crippen MR) is 100 cm³/mol. The average Bonchev–Trinajstić information content (AvgIpc) is 2.58. The highest BCUT2D eigenvalue weighted by Crippen LogP contribution is 2.33. The zero-order valence-corrected chi connectivity index (χ0v) is 14.9. The van der Waals surface area contributed by atoms with E-state index in [1.807, 2.05) is 6.07 Å². The summed E-state index contributed by atoms with van der Waals surface area (Å²) in [4.78, 5) is 14.2. The van der Waals surface area contributed by atoms with E-state index in [2.05, 4.69) is 64.8 Å². The quantitative estimate of drug-likeness (QED) is 0.916. The Kier molecular flexibility index (Phi) is 6.41. The first-order chi connectivity index (χ1) is 11.2. The third kappa shape index (κ3) is 4.37. The molecule has 1 heterocycles. The first kappa shape index (κ1) is 18.5. The van der Waals surface area contributed by atoms with Gasteiger partial charge in [-0.3, -0.25) is 9.69 Å². The Morgan fingerprint density at radius 2 is 1.54 bits per heavy atom. The number of piperidine rings is 1. The molecular formula is C20H25ClN2O. The molecular weight excluding hydrogens is 320 g/mol. The summed E-state index contributed by atoms with van der Waals surface area (Å²) in [6.07, 6.45) is 1.90. The third-order valence-electron chi connectivity index (χ3n) is 4.70. The van der Waals surface area contributed by atoms with Gasteiger partial charge in [-0.25, -0.2) is 0 Å². The molecule has 1 aliphatic rings. The van der Waals surface area contributed by atoms with Crippen LogP contribution in [0.25, 0.3) is 0 Å². The second-order valence-corrected chi connectivity index (χ2v) is 6.39. The van der Waals surface area contributed by atoms with Gasteiger partial charge in [0, 0.05) is 26.6 Å². The summed E-state index contributed by atoms with van der Waals surface area (Å²) in [7, 11) is 0. The molecule has 1 aliphatic heterocycles. The molecule has 2 aromatic rings. The molecule has 3 rings (SSSR count). The smallest absolute Gasteiger partial charge is 0.217 e. The third-order valence-corrected chi connectivity index (χ3v) is 4.70. The van der Waals surface area contributed by atoms with E-state index in [1.54, 1.807) is 6.92 Å². The topological polar surface area (TPSA) is 32.3 Å². The Morgan fingerprint density at radius 3 is 2.08 bits per heavy atom. The molecule has 4 heteroatoms. The van der Waals surface area contributed by atoms with Gasteiger partial charge in [-0.05, 0) is 24.0 Å². The maximum absolute atomic E-state index is 11.7. The number of benzene rings is 2. The molecule has 3 nitrogen and oxygen atoms in total. The van der Waals surface area contributed by atoms with Crippen LogP contribution in [-0.2, 0) is 16.9 Å². The number of carbonyl (C=O) groups is 1. The van der Waals surface area contributed by atoms with Gasteiger partial charge in [-0.1, -0.05) is 60.7 Å². The van der Waals surface area contributed by atoms with Crippen LogP contribution >= 0.6 is 12.4 Å². The lowest BCUT2D eigenvalue weighted by Gasteiger charge is -2.42. The molecule has 128 valence electrons. The van der Waals surface area contributed by atoms with Crippen molar-refractivity contribution in [2.45, 2.75) is 31.8 Å². The van der Waals surface area contributed by atoms with Crippen molar-refractivity contribution in [1.82, 2.24) is 10.2 Å². The minimum atomic E-state index is -0.222. The molecule has 0 atom stereocenters. The Balaban J connectivity index is 0.00000208. The van der Waals surface area contributed by atoms with Gasteiger partial charge >= 0.3 is 0 Å². The van der Waals surface area contributed by atoms with E-state index in [0.717, 1.165) is 32.5 Å². The Bertz CT molecular complexity index is 637. The van der Waals surface area contributed by atoms with Crippen LogP contribution in [0.4, 0.5) is 0 Å². The molecule has 1 amide bonds. The fourth-order valence-electron chi connectivity index (χ4n) is 3.51. The lowest BCUT2D eigenvalue weighted by Crippen LogP contribution is -2.52. The highest BCUT2D eigenvalue weighted by molar-refractivity contribution is 5.85. The lowest BCUT2D eigenvalue weighted by atomic mass is 9.80. The molecule has 0 bridgehead atoms. The Labute approximate surface area is 150 Å². The number of halogens is 1. The number of carbonyl (C=O) groups excluding carboxylic acids is 1. The van der Waals surface area contributed by atoms with Crippen LogP contribution in [0.2, 0.25) is 0 Å². The Hall–Kier alpha value is -1.84. The fourth-order valence-corrected chi connectivity index (χ4v) is 3.51. The SMILES string of the molecule is CC(=O)NC1(c2ccccc2)CCN(Cc2ccccc2)CC1.Cl. The van der Waals surface area contributed by atoms with Crippen molar-refractivity contribution in [1.29, 1.82) is 0 Å². The number of likely N-dealkylation sites (tertiary alicyclic amines) is 1. The van der Waals surface area contributed by atoms with Crippen molar-refractivity contribution in [3.05, 3.63) is 71.8 Å². The molecule has 24 heavy (non-hydrogen) atoms. The molecule has 0 radical (unpaired) electrons. The second kappa shape index (κ2) is 8.32. The maximum atomic E-state index is 11.7. The number of nitrogens with zero attached hydrogens (tertiary/aromatic N) is 1. The first-order valence-electron chi connectivity index (χ1n) is 8.28. The van der Waals surface area contributed by atoms with Crippen molar-refractivity contribution in [3.63, 3.8) is 0 Å². The summed E-state index contributed by atoms with van der Waals surface area (Å²) in [5.74, 6) is 0.0466. The summed E-state index contributed by atoms with van der Waals surface area (Å²) < 4.78 is 0. The highest BCUT2D eigenvalue weighted by atomic mass is 35.5. The van der Waals surface area contributed by atoms with E-state index in [4.69, 9.17) is 0 Å². The van der Waals surface area contributed by atoms with Crippen LogP contribution in [0.15, 0.2) is 60.7 Å². The van der Waals surface area contributed by atoms with Gasteiger partial charge in [-0.2, -0.15) is 0 Å². The van der Waals surface area contributed by atoms with Crippen molar-refractivity contribution in [2.24, 2.45) is 0 Å². The molecule has 2 aromatic carbocycles. The van der Waals surface area contributed by atoms with Crippen LogP contribution in [0.3, 0.4) is 0 Å². The largest absolute Gasteiger partial charge is 0.347 e. The molecule has 1 N–H and O–H groups in total. The van der Waals surface area contributed by atoms with Crippen LogP contribution in [0.1, 0.15) is 30.9 Å². The molecule has 0 aliphatic carbocycles. The first-order valence-corrected chi connectivity index (χ1v) is 8.28. The monoisotopic (exact) mass is 344 g/mol. The summed E-state index contributed by atoms with van der Waals surface area (Å²) in [6, 6.07) is 21.0. The lowest BCUT2D eigenvalue weighted by molar-refractivity contribution is -0.121. The molecule has 0 saturated carbocycles. The van der Waals surface area contributed by atoms with Crippen LogP contribution in [0.5, 0.6) is 0 Å². The highest BCUT2D eigenvalue weighted by Gasteiger charge is 2.36. The summed E-state index contributed by atoms with van der Waals surface area (Å²) in [5, 5.41) is 3.23. The van der Waals surface area contributed by atoms with Crippen molar-refractivity contribution in [2.75, 3.05) is 13.1 Å². The molecule has 1 saturated heterocycles. The minimum absolute atomic E-state index is 0. The van der Waals surface area contributed by atoms with Crippen molar-refractivity contribution in [3.8, 4) is 0 Å². The fraction of sp³-hybridized carbons (Fsp3) is 0.350. The van der Waals surface area contributed by atoms with Gasteiger partial charge in [0.25, 0.3) is 0 Å². The van der Waals surface area contributed by atoms with Crippen molar-refractivity contribution < 1.29 is 4.79 Å². The van der Waals surface area contributed by atoms with E-state index < -0.39 is 0 Å². The van der Waals surface area contributed by atoms with E-state index in [9.17, 15) is 4.79 Å². The standard InChI is InChI=1S/C20H24N2O.ClH/c1-17(23)21-20(19-10-6-3-7-11-19)12-14-22(15-13-20)16-18-8-4-2-5-9-18;/h2-11H,12-16H2,1H3,(H,21,23);1H. The molecule has 0 aromatic heterocycles. The van der Waals surface area contributed by atoms with Gasteiger partial charge < -0.3 is 5.32 Å². The molecule has 0 spiro atoms. The number of rotatable bonds is 4. The van der Waals surface area contributed by atoms with Gasteiger partial charge in [-0.15, -0.1) is 12.4 Å². The van der Waals surface area contributed by atoms with Crippen LogP contribution < -0.4 is 5.32 Å². The number of hydrogen-bond acceptors (Lipinski definition) is 2. The molecule has 1 fully saturated rings. The van der Waals surface area contributed by atoms with Gasteiger partial charge in [0.05, 0.1) is 5.54 Å². The summed E-state index contributed by atoms with van der Waals surface area (Å²) in [5.41, 5.74) is 2.34. The number of amides is 1. The normalized spacial score (nSPS) is 16.9. The van der Waals surface area contributed by atoms with E-state index in [0.29, 0.717) is 0 Å². The van der Waals surface area contributed by atoms with Gasteiger partial charge in [0.1, 0.15) is 0 Å². The second-order valence-electron chi connectivity index (χ2n) is 6.39. The summed E-state index contributed by atoms with van der Waals surface area (Å²) >= 11 is 0. The zero-order valence-electron chi connectivity index (χ0n) is 14.1. The maximum Gasteiger partial charge on any atom is 0.217 e. The summed E-state index contributed by atoms with van der Waals surface area (Å²) in [6.45, 7) is 4.57. The van der Waals surface area contributed by atoms with E-state index in [-0.39, 0.29) is 23.9 Å². The zero-order chi connectivity index (χ0) is 16.1. The number of nitrogens with one attached hydrogen (secondary N) is 1. The van der Waals surface area contributed by atoms with Gasteiger partial charge in [0.2, 0.25) is 5.91 Å². The van der Waals surface area contributed by atoms with E-state index >= 15 is 0 Å². The predicted octanol–water partition coefficient (Wildman–Crippen LogP) is 3.74. The average molecular weight is 345 g/mol. The van der Waals surface area contributed by atoms with E-state index in [1.165, 1.54) is 11.1 Å². The Morgan fingerprint density at radius 1 is 1.00 bits per heavy atom. The number of hydrogen-bond donors (Lipinski definition) is 1. The van der Waals surface area contributed by atoms with Crippen LogP contribution in [0, 0.1) is 0 Å². The van der Waals surface area contributed by atoms with Gasteiger partial charge in [0.15, 0.2) is 0 Å². The van der Waals surface area contributed by atoms with Crippen LogP contribution in [-0.4, -0.2) is 23.9 Å². The molecule has 0 unspecified atom stereocenters. The van der Waals surface area contributed by atoms with Crippen molar-refractivity contribution >= 4 is 18.3 Å². The minimum Gasteiger partial charge on any atom is -0.347 e.